The van der Waals surface area contributed by atoms with Gasteiger partial charge in [0.2, 0.25) is 0 Å². The fourth-order valence-corrected chi connectivity index (χ4v) is 2.27. The van der Waals surface area contributed by atoms with Crippen molar-refractivity contribution in [2.24, 2.45) is 0 Å². The third-order valence-electron chi connectivity index (χ3n) is 2.69. The number of carbonyl (C=O) groups is 1. The normalized spacial score (nSPS) is 11.4. The van der Waals surface area contributed by atoms with Gasteiger partial charge in [0.1, 0.15) is 5.75 Å². The first-order chi connectivity index (χ1) is 11.2. The molecule has 1 amide bonds. The zero-order valence-corrected chi connectivity index (χ0v) is 12.6. The summed E-state index contributed by atoms with van der Waals surface area (Å²) in [5, 5.41) is 2.50. The molecule has 3 nitrogen and oxygen atoms in total. The number of carbonyl (C=O) groups excluding carboxylic acids is 1. The number of thioether (sulfide) groups is 1. The van der Waals surface area contributed by atoms with Crippen molar-refractivity contribution in [3.63, 3.8) is 0 Å². The third-order valence-corrected chi connectivity index (χ3v) is 3.43. The lowest BCUT2D eigenvalue weighted by Gasteiger charge is -2.09. The van der Waals surface area contributed by atoms with Crippen molar-refractivity contribution >= 4 is 23.4 Å². The molecule has 0 fully saturated rings. The molecule has 0 aliphatic heterocycles. The van der Waals surface area contributed by atoms with Gasteiger partial charge in [0.15, 0.2) is 0 Å². The molecule has 0 spiro atoms. The van der Waals surface area contributed by atoms with Crippen molar-refractivity contribution < 1.29 is 31.5 Å². The van der Waals surface area contributed by atoms with E-state index in [9.17, 15) is 26.7 Å². The molecule has 24 heavy (non-hydrogen) atoms. The molecule has 0 aliphatic carbocycles. The molecular formula is C15H10F5NO2S. The molecule has 0 heterocycles. The highest BCUT2D eigenvalue weighted by Gasteiger charge is 2.29. The van der Waals surface area contributed by atoms with Gasteiger partial charge >= 0.3 is 12.1 Å². The van der Waals surface area contributed by atoms with Crippen molar-refractivity contribution in [2.75, 3.05) is 5.32 Å². The largest absolute Gasteiger partial charge is 0.446 e. The van der Waals surface area contributed by atoms with Gasteiger partial charge in [0.05, 0.1) is 0 Å². The van der Waals surface area contributed by atoms with Gasteiger partial charge in [-0.3, -0.25) is 4.79 Å². The number of benzene rings is 2. The van der Waals surface area contributed by atoms with Crippen LogP contribution in [-0.4, -0.2) is 18.0 Å². The Labute approximate surface area is 137 Å². The molecule has 0 aliphatic rings. The maximum Gasteiger partial charge on any atom is 0.446 e. The molecule has 2 rings (SSSR count). The number of anilines is 1. The van der Waals surface area contributed by atoms with Gasteiger partial charge in [-0.25, -0.2) is 0 Å². The molecule has 2 aromatic rings. The summed E-state index contributed by atoms with van der Waals surface area (Å²) in [6.07, 6.45) is 0. The highest BCUT2D eigenvalue weighted by molar-refractivity contribution is 8.00. The zero-order chi connectivity index (χ0) is 17.7. The van der Waals surface area contributed by atoms with E-state index in [0.717, 1.165) is 0 Å². The maximum atomic E-state index is 12.2. The fourth-order valence-electron chi connectivity index (χ4n) is 1.73. The second-order valence-electron chi connectivity index (χ2n) is 4.43. The molecule has 0 bridgehead atoms. The van der Waals surface area contributed by atoms with E-state index >= 15 is 0 Å². The second-order valence-corrected chi connectivity index (χ2v) is 5.57. The number of nitrogens with one attached hydrogen (secondary N) is 1. The minimum atomic E-state index is -4.40. The van der Waals surface area contributed by atoms with Crippen LogP contribution < -0.4 is 10.1 Å². The van der Waals surface area contributed by atoms with Crippen LogP contribution in [0.25, 0.3) is 0 Å². The molecule has 0 saturated carbocycles. The van der Waals surface area contributed by atoms with Gasteiger partial charge in [-0.2, -0.15) is 22.0 Å². The lowest BCUT2D eigenvalue weighted by molar-refractivity contribution is -0.0498. The van der Waals surface area contributed by atoms with Crippen LogP contribution in [0.3, 0.4) is 0 Å². The summed E-state index contributed by atoms with van der Waals surface area (Å²) >= 11 is -0.275. The lowest BCUT2D eigenvalue weighted by atomic mass is 10.2. The quantitative estimate of drug-likeness (QED) is 0.590. The highest BCUT2D eigenvalue weighted by Crippen LogP contribution is 2.36. The Morgan fingerprint density at radius 1 is 1.00 bits per heavy atom. The van der Waals surface area contributed by atoms with Crippen LogP contribution >= 0.6 is 11.8 Å². The number of amides is 1. The SMILES string of the molecule is O=C(Nc1ccc(OC(F)F)cc1)c1ccc(SC(F)(F)F)cc1. The number of rotatable bonds is 5. The fraction of sp³-hybridized carbons (Fsp3) is 0.133. The van der Waals surface area contributed by atoms with E-state index in [1.165, 1.54) is 48.5 Å². The van der Waals surface area contributed by atoms with E-state index in [4.69, 9.17) is 0 Å². The average molecular weight is 363 g/mol. The van der Waals surface area contributed by atoms with Gasteiger partial charge in [0, 0.05) is 16.1 Å². The minimum Gasteiger partial charge on any atom is -0.435 e. The smallest absolute Gasteiger partial charge is 0.435 e. The molecule has 0 atom stereocenters. The van der Waals surface area contributed by atoms with Gasteiger partial charge in [-0.15, -0.1) is 0 Å². The number of hydrogen-bond acceptors (Lipinski definition) is 3. The van der Waals surface area contributed by atoms with E-state index in [-0.39, 0.29) is 28.0 Å². The van der Waals surface area contributed by atoms with Crippen LogP contribution in [0.5, 0.6) is 5.75 Å². The number of alkyl halides is 5. The molecular weight excluding hydrogens is 353 g/mol. The summed E-state index contributed by atoms with van der Waals surface area (Å²) in [5.74, 6) is -0.599. The van der Waals surface area contributed by atoms with E-state index in [1.54, 1.807) is 0 Å². The number of ether oxygens (including phenoxy) is 1. The summed E-state index contributed by atoms with van der Waals surface area (Å²) in [6.45, 7) is -2.95. The Morgan fingerprint density at radius 3 is 2.08 bits per heavy atom. The second kappa shape index (κ2) is 7.52. The summed E-state index contributed by atoms with van der Waals surface area (Å²) in [5.41, 5.74) is -3.91. The average Bonchev–Trinajstić information content (AvgIpc) is 2.48. The number of hydrogen-bond donors (Lipinski definition) is 1. The van der Waals surface area contributed by atoms with E-state index in [1.807, 2.05) is 0 Å². The predicted molar refractivity (Wildman–Crippen MR) is 79.4 cm³/mol. The van der Waals surface area contributed by atoms with Crippen molar-refractivity contribution in [1.29, 1.82) is 0 Å². The van der Waals surface area contributed by atoms with Gasteiger partial charge in [0.25, 0.3) is 5.91 Å². The molecule has 0 aromatic heterocycles. The standard InChI is InChI=1S/C15H10F5NO2S/c16-14(17)23-11-5-3-10(4-6-11)21-13(22)9-1-7-12(8-2-9)24-15(18,19)20/h1-8,14H,(H,21,22). The molecule has 0 radical (unpaired) electrons. The van der Waals surface area contributed by atoms with E-state index in [0.29, 0.717) is 5.69 Å². The molecule has 2 aromatic carbocycles. The minimum absolute atomic E-state index is 0.0347. The van der Waals surface area contributed by atoms with Crippen LogP contribution in [-0.2, 0) is 0 Å². The molecule has 0 saturated heterocycles. The van der Waals surface area contributed by atoms with Gasteiger partial charge in [-0.05, 0) is 60.3 Å². The Morgan fingerprint density at radius 2 is 1.58 bits per heavy atom. The zero-order valence-electron chi connectivity index (χ0n) is 11.8. The summed E-state index contributed by atoms with van der Waals surface area (Å²) in [7, 11) is 0. The Kier molecular flexibility index (Phi) is 5.66. The van der Waals surface area contributed by atoms with Crippen LogP contribution in [0.1, 0.15) is 10.4 Å². The Balaban J connectivity index is 1.99. The Hall–Kier alpha value is -2.29. The van der Waals surface area contributed by atoms with Crippen LogP contribution in [0.2, 0.25) is 0 Å². The highest BCUT2D eigenvalue weighted by atomic mass is 32.2. The van der Waals surface area contributed by atoms with Crippen molar-refractivity contribution in [3.8, 4) is 5.75 Å². The summed E-state index contributed by atoms with van der Waals surface area (Å²) < 4.78 is 64.9. The monoisotopic (exact) mass is 363 g/mol. The first-order valence-corrected chi connectivity index (χ1v) is 7.26. The van der Waals surface area contributed by atoms with Gasteiger partial charge in [-0.1, -0.05) is 0 Å². The third kappa shape index (κ3) is 5.73. The van der Waals surface area contributed by atoms with Crippen LogP contribution in [0.15, 0.2) is 53.4 Å². The van der Waals surface area contributed by atoms with Crippen molar-refractivity contribution in [2.45, 2.75) is 17.0 Å². The summed E-state index contributed by atoms with van der Waals surface area (Å²) in [6, 6.07) is 10.1. The topological polar surface area (TPSA) is 38.3 Å². The maximum absolute atomic E-state index is 12.2. The first kappa shape index (κ1) is 18.1. The van der Waals surface area contributed by atoms with Crippen molar-refractivity contribution in [1.82, 2.24) is 0 Å². The lowest BCUT2D eigenvalue weighted by Crippen LogP contribution is -2.11. The Bertz CT molecular complexity index is 687. The van der Waals surface area contributed by atoms with Crippen LogP contribution in [0, 0.1) is 0 Å². The predicted octanol–water partition coefficient (Wildman–Crippen LogP) is 5.15. The van der Waals surface area contributed by atoms with Crippen LogP contribution in [0.4, 0.5) is 27.6 Å². The first-order valence-electron chi connectivity index (χ1n) is 6.45. The molecule has 1 N–H and O–H groups in total. The summed E-state index contributed by atoms with van der Waals surface area (Å²) in [4.78, 5) is 11.9. The number of halogens is 5. The van der Waals surface area contributed by atoms with Crippen molar-refractivity contribution in [3.05, 3.63) is 54.1 Å². The van der Waals surface area contributed by atoms with E-state index < -0.39 is 18.0 Å². The van der Waals surface area contributed by atoms with Gasteiger partial charge < -0.3 is 10.1 Å². The molecule has 0 unspecified atom stereocenters. The van der Waals surface area contributed by atoms with E-state index in [2.05, 4.69) is 10.1 Å². The molecule has 9 heteroatoms. The molecule has 128 valence electrons.